The quantitative estimate of drug-likeness (QED) is 0.452. The van der Waals surface area contributed by atoms with E-state index in [1.807, 2.05) is 26.8 Å². The van der Waals surface area contributed by atoms with Crippen LogP contribution in [0.5, 0.6) is 0 Å². The van der Waals surface area contributed by atoms with Crippen molar-refractivity contribution in [2.75, 3.05) is 0 Å². The molecule has 0 radical (unpaired) electrons. The van der Waals surface area contributed by atoms with Gasteiger partial charge in [-0.1, -0.05) is 57.9 Å². The molecule has 78 valence electrons. The first-order valence-electron chi connectivity index (χ1n) is 5.13. The summed E-state index contributed by atoms with van der Waals surface area (Å²) in [5.41, 5.74) is 2.93. The van der Waals surface area contributed by atoms with Crippen LogP contribution in [-0.4, -0.2) is 0 Å². The van der Waals surface area contributed by atoms with Crippen LogP contribution in [0.15, 0.2) is 36.0 Å². The van der Waals surface area contributed by atoms with Crippen molar-refractivity contribution >= 4 is 0 Å². The van der Waals surface area contributed by atoms with Gasteiger partial charge in [0, 0.05) is 5.57 Å². The summed E-state index contributed by atoms with van der Waals surface area (Å²) in [5.74, 6) is 2.55. The standard InChI is InChI=1S/C12H16.C2H6/c1-6-8-12(9-10(3)4)11(5)7-2;1-2/h2,9H,3,5-6,8H2,1,4H3;1-2H3/b12-9-;. The zero-order valence-corrected chi connectivity index (χ0v) is 9.98. The van der Waals surface area contributed by atoms with E-state index < -0.39 is 0 Å². The predicted octanol–water partition coefficient (Wildman–Crippen LogP) is 4.50. The zero-order chi connectivity index (χ0) is 11.6. The van der Waals surface area contributed by atoms with Gasteiger partial charge in [0.1, 0.15) is 0 Å². The first-order valence-corrected chi connectivity index (χ1v) is 5.13. The highest BCUT2D eigenvalue weighted by atomic mass is 14.0. The molecule has 0 saturated carbocycles. The van der Waals surface area contributed by atoms with Crippen LogP contribution in [0, 0.1) is 12.3 Å². The summed E-state index contributed by atoms with van der Waals surface area (Å²) in [6.07, 6.45) is 9.33. The maximum absolute atomic E-state index is 5.26. The number of hydrogen-bond donors (Lipinski definition) is 0. The monoisotopic (exact) mass is 190 g/mol. The van der Waals surface area contributed by atoms with Crippen LogP contribution < -0.4 is 0 Å². The van der Waals surface area contributed by atoms with Crippen molar-refractivity contribution in [2.24, 2.45) is 0 Å². The highest BCUT2D eigenvalue weighted by Gasteiger charge is 1.97. The van der Waals surface area contributed by atoms with Crippen LogP contribution in [0.4, 0.5) is 0 Å². The van der Waals surface area contributed by atoms with E-state index in [1.165, 1.54) is 0 Å². The van der Waals surface area contributed by atoms with Crippen molar-refractivity contribution in [2.45, 2.75) is 40.5 Å². The molecule has 0 aliphatic carbocycles. The summed E-state index contributed by atoms with van der Waals surface area (Å²) in [7, 11) is 0. The van der Waals surface area contributed by atoms with Crippen molar-refractivity contribution in [3.63, 3.8) is 0 Å². The first kappa shape index (κ1) is 15.3. The highest BCUT2D eigenvalue weighted by molar-refractivity contribution is 5.44. The maximum atomic E-state index is 5.26. The average Bonchev–Trinajstić information content (AvgIpc) is 2.18. The molecule has 0 N–H and O–H groups in total. The Balaban J connectivity index is 0. The lowest BCUT2D eigenvalue weighted by Crippen LogP contribution is -1.86. The Morgan fingerprint density at radius 3 is 2.14 bits per heavy atom. The van der Waals surface area contributed by atoms with E-state index in [-0.39, 0.29) is 0 Å². The lowest BCUT2D eigenvalue weighted by Gasteiger charge is -2.03. The minimum absolute atomic E-state index is 0.778. The molecule has 0 aliphatic heterocycles. The van der Waals surface area contributed by atoms with Crippen LogP contribution in [0.3, 0.4) is 0 Å². The topological polar surface area (TPSA) is 0 Å². The van der Waals surface area contributed by atoms with E-state index in [1.54, 1.807) is 0 Å². The van der Waals surface area contributed by atoms with E-state index in [2.05, 4.69) is 26.0 Å². The molecule has 0 bridgehead atoms. The molecule has 0 saturated heterocycles. The van der Waals surface area contributed by atoms with Crippen LogP contribution in [0.1, 0.15) is 40.5 Å². The van der Waals surface area contributed by atoms with E-state index in [9.17, 15) is 0 Å². The molecule has 0 aliphatic rings. The third-order valence-electron chi connectivity index (χ3n) is 1.50. The Hall–Kier alpha value is -1.22. The molecule has 0 unspecified atom stereocenters. The van der Waals surface area contributed by atoms with Crippen LogP contribution in [0.25, 0.3) is 0 Å². The van der Waals surface area contributed by atoms with Gasteiger partial charge >= 0.3 is 0 Å². The molecule has 0 fully saturated rings. The van der Waals surface area contributed by atoms with Gasteiger partial charge in [-0.3, -0.25) is 0 Å². The fourth-order valence-electron chi connectivity index (χ4n) is 0.970. The third kappa shape index (κ3) is 7.43. The third-order valence-corrected chi connectivity index (χ3v) is 1.50. The van der Waals surface area contributed by atoms with E-state index in [4.69, 9.17) is 6.42 Å². The summed E-state index contributed by atoms with van der Waals surface area (Å²) in [6, 6.07) is 0. The average molecular weight is 190 g/mol. The largest absolute Gasteiger partial charge is 0.115 e. The van der Waals surface area contributed by atoms with Gasteiger partial charge in [-0.05, 0) is 18.9 Å². The predicted molar refractivity (Wildman–Crippen MR) is 67.1 cm³/mol. The Morgan fingerprint density at radius 2 is 1.86 bits per heavy atom. The molecule has 14 heavy (non-hydrogen) atoms. The van der Waals surface area contributed by atoms with Crippen LogP contribution >= 0.6 is 0 Å². The molecule has 0 atom stereocenters. The molecule has 0 aromatic heterocycles. The highest BCUT2D eigenvalue weighted by Crippen LogP contribution is 2.15. The number of allylic oxidation sites excluding steroid dienone is 4. The summed E-state index contributed by atoms with van der Waals surface area (Å²) in [4.78, 5) is 0. The fraction of sp³-hybridized carbons (Fsp3) is 0.429. The van der Waals surface area contributed by atoms with Gasteiger partial charge in [0.05, 0.1) is 0 Å². The molecule has 0 aromatic rings. The van der Waals surface area contributed by atoms with E-state index in [0.717, 1.165) is 29.6 Å². The van der Waals surface area contributed by atoms with Gasteiger partial charge in [0.15, 0.2) is 0 Å². The molecular weight excluding hydrogens is 168 g/mol. The Morgan fingerprint density at radius 1 is 1.36 bits per heavy atom. The first-order chi connectivity index (χ1) is 6.61. The SMILES string of the molecule is C#CC(=C)/C(=C\C(=C)C)CCC.CC. The van der Waals surface area contributed by atoms with Crippen molar-refractivity contribution in [1.82, 2.24) is 0 Å². The van der Waals surface area contributed by atoms with Crippen LogP contribution in [-0.2, 0) is 0 Å². The molecule has 0 spiro atoms. The van der Waals surface area contributed by atoms with Gasteiger partial charge in [-0.25, -0.2) is 0 Å². The van der Waals surface area contributed by atoms with Gasteiger partial charge < -0.3 is 0 Å². The molecule has 0 heterocycles. The molecule has 0 heteroatoms. The van der Waals surface area contributed by atoms with Gasteiger partial charge in [-0.15, -0.1) is 6.42 Å². The Labute approximate surface area is 89.4 Å². The minimum Gasteiger partial charge on any atom is -0.115 e. The van der Waals surface area contributed by atoms with E-state index >= 15 is 0 Å². The molecule has 0 aromatic carbocycles. The second-order valence-electron chi connectivity index (χ2n) is 2.89. The molecule has 0 amide bonds. The smallest absolute Gasteiger partial charge is 0.0202 e. The van der Waals surface area contributed by atoms with Gasteiger partial charge in [0.25, 0.3) is 0 Å². The second kappa shape index (κ2) is 9.86. The Kier molecular flexibility index (Phi) is 10.8. The number of hydrogen-bond acceptors (Lipinski definition) is 0. The molecule has 0 rings (SSSR count). The Bertz CT molecular complexity index is 246. The maximum Gasteiger partial charge on any atom is 0.0202 e. The van der Waals surface area contributed by atoms with Crippen molar-refractivity contribution in [1.29, 1.82) is 0 Å². The van der Waals surface area contributed by atoms with Crippen molar-refractivity contribution in [3.8, 4) is 12.3 Å². The summed E-state index contributed by atoms with van der Waals surface area (Å²) in [6.45, 7) is 15.7. The summed E-state index contributed by atoms with van der Waals surface area (Å²) in [5, 5.41) is 0. The number of terminal acetylenes is 1. The molecular formula is C14H22. The molecule has 0 nitrogen and oxygen atoms in total. The van der Waals surface area contributed by atoms with E-state index in [0.29, 0.717) is 0 Å². The van der Waals surface area contributed by atoms with Crippen molar-refractivity contribution in [3.05, 3.63) is 36.0 Å². The summed E-state index contributed by atoms with van der Waals surface area (Å²) < 4.78 is 0. The normalized spacial score (nSPS) is 9.50. The fourth-order valence-corrected chi connectivity index (χ4v) is 0.970. The van der Waals surface area contributed by atoms with Crippen LogP contribution in [0.2, 0.25) is 0 Å². The second-order valence-corrected chi connectivity index (χ2v) is 2.89. The van der Waals surface area contributed by atoms with Gasteiger partial charge in [-0.2, -0.15) is 0 Å². The zero-order valence-electron chi connectivity index (χ0n) is 9.98. The van der Waals surface area contributed by atoms with Gasteiger partial charge in [0.2, 0.25) is 0 Å². The summed E-state index contributed by atoms with van der Waals surface area (Å²) >= 11 is 0. The minimum atomic E-state index is 0.778. The lowest BCUT2D eigenvalue weighted by molar-refractivity contribution is 0.919. The lowest BCUT2D eigenvalue weighted by atomic mass is 10.0. The number of rotatable bonds is 4. The van der Waals surface area contributed by atoms with Crippen molar-refractivity contribution < 1.29 is 0 Å².